The summed E-state index contributed by atoms with van der Waals surface area (Å²) in [7, 11) is 2.00. The second-order valence-electron chi connectivity index (χ2n) is 6.45. The fraction of sp³-hybridized carbons (Fsp3) is 0.933. The molecule has 2 N–H and O–H groups in total. The number of halogens is 1. The minimum absolute atomic E-state index is 0. The lowest BCUT2D eigenvalue weighted by atomic mass is 9.78. The number of nitrogens with zero attached hydrogens (tertiary/aromatic N) is 1. The number of hydrogen-bond acceptors (Lipinski definition) is 3. The van der Waals surface area contributed by atoms with Gasteiger partial charge in [0.15, 0.2) is 0 Å². The van der Waals surface area contributed by atoms with E-state index in [1.807, 2.05) is 7.05 Å². The van der Waals surface area contributed by atoms with Gasteiger partial charge in [0, 0.05) is 25.2 Å². The molecule has 0 spiro atoms. The van der Waals surface area contributed by atoms with Crippen molar-refractivity contribution in [2.45, 2.75) is 51.6 Å². The van der Waals surface area contributed by atoms with Crippen molar-refractivity contribution in [1.82, 2.24) is 15.5 Å². The van der Waals surface area contributed by atoms with Crippen molar-refractivity contribution in [1.29, 1.82) is 0 Å². The van der Waals surface area contributed by atoms with E-state index in [2.05, 4.69) is 29.4 Å². The van der Waals surface area contributed by atoms with Crippen molar-refractivity contribution in [2.75, 3.05) is 26.7 Å². The predicted molar refractivity (Wildman–Crippen MR) is 85.3 cm³/mol. The van der Waals surface area contributed by atoms with E-state index in [9.17, 15) is 4.79 Å². The van der Waals surface area contributed by atoms with Crippen LogP contribution in [0.2, 0.25) is 0 Å². The molecule has 4 unspecified atom stereocenters. The maximum atomic E-state index is 12.1. The van der Waals surface area contributed by atoms with E-state index >= 15 is 0 Å². The Balaban J connectivity index is 0.00000200. The first kappa shape index (κ1) is 17.7. The van der Waals surface area contributed by atoms with E-state index < -0.39 is 0 Å². The molecule has 118 valence electrons. The highest BCUT2D eigenvalue weighted by Gasteiger charge is 2.29. The molecule has 2 rings (SSSR count). The number of likely N-dealkylation sites (N-methyl/N-ethyl adjacent to an activating group) is 1. The average molecular weight is 304 g/mol. The van der Waals surface area contributed by atoms with Crippen molar-refractivity contribution in [2.24, 2.45) is 11.8 Å². The van der Waals surface area contributed by atoms with Gasteiger partial charge in [0.25, 0.3) is 0 Å². The van der Waals surface area contributed by atoms with Gasteiger partial charge in [0.1, 0.15) is 0 Å². The van der Waals surface area contributed by atoms with Gasteiger partial charge < -0.3 is 10.6 Å². The van der Waals surface area contributed by atoms with Crippen molar-refractivity contribution in [3.63, 3.8) is 0 Å². The number of carbonyl (C=O) groups excluding carboxylic acids is 1. The van der Waals surface area contributed by atoms with Gasteiger partial charge in [-0.25, -0.2) is 0 Å². The summed E-state index contributed by atoms with van der Waals surface area (Å²) in [6.07, 6.45) is 4.86. The van der Waals surface area contributed by atoms with Crippen molar-refractivity contribution in [3.05, 3.63) is 0 Å². The van der Waals surface area contributed by atoms with Crippen LogP contribution in [0.5, 0.6) is 0 Å². The highest BCUT2D eigenvalue weighted by molar-refractivity contribution is 5.85. The Kier molecular flexibility index (Phi) is 7.27. The Morgan fingerprint density at radius 3 is 2.65 bits per heavy atom. The molecule has 20 heavy (non-hydrogen) atoms. The van der Waals surface area contributed by atoms with Gasteiger partial charge in [-0.2, -0.15) is 0 Å². The Hall–Kier alpha value is -0.320. The summed E-state index contributed by atoms with van der Waals surface area (Å²) in [5.74, 6) is 1.56. The fourth-order valence-corrected chi connectivity index (χ4v) is 3.45. The van der Waals surface area contributed by atoms with Crippen LogP contribution >= 0.6 is 12.4 Å². The number of amides is 1. The van der Waals surface area contributed by atoms with Crippen LogP contribution in [0, 0.1) is 11.8 Å². The minimum Gasteiger partial charge on any atom is -0.352 e. The van der Waals surface area contributed by atoms with Crippen LogP contribution in [-0.2, 0) is 4.79 Å². The molecule has 0 aromatic carbocycles. The lowest BCUT2D eigenvalue weighted by molar-refractivity contribution is -0.123. The number of nitrogens with one attached hydrogen (secondary N) is 2. The summed E-state index contributed by atoms with van der Waals surface area (Å²) in [6.45, 7) is 7.19. The van der Waals surface area contributed by atoms with Gasteiger partial charge in [0.05, 0.1) is 6.54 Å². The fourth-order valence-electron chi connectivity index (χ4n) is 3.45. The van der Waals surface area contributed by atoms with Crippen molar-refractivity contribution >= 4 is 18.3 Å². The summed E-state index contributed by atoms with van der Waals surface area (Å²) in [6, 6.07) is 0.945. The molecule has 1 saturated carbocycles. The van der Waals surface area contributed by atoms with Crippen LogP contribution in [0.4, 0.5) is 0 Å². The molecule has 0 aromatic rings. The topological polar surface area (TPSA) is 44.4 Å². The molecule has 1 heterocycles. The molecule has 2 fully saturated rings. The molecule has 1 aliphatic heterocycles. The van der Waals surface area contributed by atoms with Crippen LogP contribution in [0.25, 0.3) is 0 Å². The largest absolute Gasteiger partial charge is 0.352 e. The third kappa shape index (κ3) is 4.61. The maximum Gasteiger partial charge on any atom is 0.234 e. The molecule has 2 aliphatic rings. The maximum absolute atomic E-state index is 12.1. The number of hydrogen-bond donors (Lipinski definition) is 2. The zero-order valence-corrected chi connectivity index (χ0v) is 13.8. The summed E-state index contributed by atoms with van der Waals surface area (Å²) in [5.41, 5.74) is 0. The smallest absolute Gasteiger partial charge is 0.234 e. The number of likely N-dealkylation sites (tertiary alicyclic amines) is 1. The molecule has 1 aliphatic carbocycles. The van der Waals surface area contributed by atoms with Gasteiger partial charge in [0.2, 0.25) is 5.91 Å². The molecule has 4 nitrogen and oxygen atoms in total. The SMILES string of the molecule is CNC1CCN(CC(=O)NC2CCCC(C)C2C)C1.Cl. The van der Waals surface area contributed by atoms with E-state index in [0.29, 0.717) is 24.5 Å². The molecule has 1 amide bonds. The Labute approximate surface area is 129 Å². The first-order valence-electron chi connectivity index (χ1n) is 7.79. The quantitative estimate of drug-likeness (QED) is 0.830. The molecule has 1 saturated heterocycles. The van der Waals surface area contributed by atoms with E-state index in [1.54, 1.807) is 0 Å². The van der Waals surface area contributed by atoms with Gasteiger partial charge >= 0.3 is 0 Å². The van der Waals surface area contributed by atoms with Gasteiger partial charge in [-0.3, -0.25) is 9.69 Å². The Morgan fingerprint density at radius 1 is 1.25 bits per heavy atom. The Bertz CT molecular complexity index is 313. The molecular weight excluding hydrogens is 274 g/mol. The average Bonchev–Trinajstić information content (AvgIpc) is 2.82. The van der Waals surface area contributed by atoms with Gasteiger partial charge in [-0.05, 0) is 31.7 Å². The van der Waals surface area contributed by atoms with Gasteiger partial charge in [-0.15, -0.1) is 12.4 Å². The summed E-state index contributed by atoms with van der Waals surface area (Å²) in [5, 5.41) is 6.55. The third-order valence-corrected chi connectivity index (χ3v) is 5.10. The van der Waals surface area contributed by atoms with E-state index in [0.717, 1.165) is 31.8 Å². The van der Waals surface area contributed by atoms with E-state index in [4.69, 9.17) is 0 Å². The molecule has 0 radical (unpaired) electrons. The minimum atomic E-state index is 0. The van der Waals surface area contributed by atoms with E-state index in [1.165, 1.54) is 12.8 Å². The summed E-state index contributed by atoms with van der Waals surface area (Å²) in [4.78, 5) is 14.4. The first-order valence-corrected chi connectivity index (χ1v) is 7.79. The molecule has 5 heteroatoms. The second kappa shape index (κ2) is 8.20. The highest BCUT2D eigenvalue weighted by Crippen LogP contribution is 2.29. The van der Waals surface area contributed by atoms with Crippen LogP contribution < -0.4 is 10.6 Å². The van der Waals surface area contributed by atoms with Crippen LogP contribution in [-0.4, -0.2) is 49.6 Å². The van der Waals surface area contributed by atoms with Crippen molar-refractivity contribution in [3.8, 4) is 0 Å². The van der Waals surface area contributed by atoms with Crippen LogP contribution in [0.15, 0.2) is 0 Å². The lowest BCUT2D eigenvalue weighted by Gasteiger charge is -2.35. The van der Waals surface area contributed by atoms with Gasteiger partial charge in [-0.1, -0.05) is 26.7 Å². The van der Waals surface area contributed by atoms with E-state index in [-0.39, 0.29) is 18.3 Å². The Morgan fingerprint density at radius 2 is 2.00 bits per heavy atom. The monoisotopic (exact) mass is 303 g/mol. The molecule has 0 aromatic heterocycles. The summed E-state index contributed by atoms with van der Waals surface area (Å²) < 4.78 is 0. The zero-order chi connectivity index (χ0) is 13.8. The summed E-state index contributed by atoms with van der Waals surface area (Å²) >= 11 is 0. The number of rotatable bonds is 4. The normalized spacial score (nSPS) is 34.5. The third-order valence-electron chi connectivity index (χ3n) is 5.10. The molecule has 4 atom stereocenters. The second-order valence-corrected chi connectivity index (χ2v) is 6.45. The van der Waals surface area contributed by atoms with Crippen LogP contribution in [0.3, 0.4) is 0 Å². The molecular formula is C15H30ClN3O. The predicted octanol–water partition coefficient (Wildman–Crippen LogP) is 1.64. The highest BCUT2D eigenvalue weighted by atomic mass is 35.5. The standard InChI is InChI=1S/C15H29N3O.ClH/c1-11-5-4-6-14(12(11)2)17-15(19)10-18-8-7-13(9-18)16-3;/h11-14,16H,4-10H2,1-3H3,(H,17,19);1H. The molecule has 0 bridgehead atoms. The first-order chi connectivity index (χ1) is 9.10. The van der Waals surface area contributed by atoms with Crippen LogP contribution in [0.1, 0.15) is 39.5 Å². The lowest BCUT2D eigenvalue weighted by Crippen LogP contribution is -2.47. The van der Waals surface area contributed by atoms with Crippen molar-refractivity contribution < 1.29 is 4.79 Å². The number of carbonyl (C=O) groups is 1. The zero-order valence-electron chi connectivity index (χ0n) is 13.0.